The normalized spacial score (nSPS) is 17.2. The summed E-state index contributed by atoms with van der Waals surface area (Å²) in [5.41, 5.74) is 2.13. The minimum atomic E-state index is -2.73. The van der Waals surface area contributed by atoms with Gasteiger partial charge in [0.2, 0.25) is 5.91 Å². The Bertz CT molecular complexity index is 1170. The Kier molecular flexibility index (Phi) is 5.39. The fourth-order valence-electron chi connectivity index (χ4n) is 3.69. The molecule has 0 saturated carbocycles. The minimum absolute atomic E-state index is 0.0861. The highest BCUT2D eigenvalue weighted by molar-refractivity contribution is 7.14. The van der Waals surface area contributed by atoms with Crippen molar-refractivity contribution in [3.05, 3.63) is 35.2 Å². The fourth-order valence-corrected chi connectivity index (χ4v) is 4.37. The molecule has 4 heterocycles. The second-order valence-corrected chi connectivity index (χ2v) is 8.73. The molecule has 0 N–H and O–H groups in total. The van der Waals surface area contributed by atoms with Gasteiger partial charge in [0, 0.05) is 40.4 Å². The topological polar surface area (TPSA) is 75.1 Å². The number of alkyl halides is 2. The lowest BCUT2D eigenvalue weighted by Crippen LogP contribution is -2.47. The summed E-state index contributed by atoms with van der Waals surface area (Å²) < 4.78 is 48.4. The highest BCUT2D eigenvalue weighted by Crippen LogP contribution is 2.25. The third-order valence-electron chi connectivity index (χ3n) is 5.32. The highest BCUT2D eigenvalue weighted by atomic mass is 32.1. The number of hydrogen-bond donors (Lipinski definition) is 0. The van der Waals surface area contributed by atoms with Crippen LogP contribution >= 0.6 is 11.3 Å². The first kappa shape index (κ1) is 18.0. The lowest BCUT2D eigenvalue weighted by molar-refractivity contribution is -0.132. The maximum Gasteiger partial charge on any atom is 0.251 e. The van der Waals surface area contributed by atoms with Gasteiger partial charge in [-0.05, 0) is 38.9 Å². The number of amides is 1. The van der Waals surface area contributed by atoms with Crippen molar-refractivity contribution in [2.45, 2.75) is 38.7 Å². The Balaban J connectivity index is 1.41. The number of aromatic nitrogens is 4. The van der Waals surface area contributed by atoms with Gasteiger partial charge in [-0.2, -0.15) is 0 Å². The minimum Gasteiger partial charge on any atom is -0.342 e. The van der Waals surface area contributed by atoms with Crippen LogP contribution in [0.4, 0.5) is 8.78 Å². The van der Waals surface area contributed by atoms with Crippen LogP contribution in [0.2, 0.25) is 0 Å². The van der Waals surface area contributed by atoms with Crippen LogP contribution in [0.1, 0.15) is 27.7 Å². The van der Waals surface area contributed by atoms with E-state index in [0.29, 0.717) is 37.1 Å². The second-order valence-electron chi connectivity index (χ2n) is 7.55. The molecule has 0 spiro atoms. The number of aryl methyl sites for hydroxylation is 1. The third-order valence-corrected chi connectivity index (χ3v) is 6.21. The molecule has 0 atom stereocenters. The van der Waals surface area contributed by atoms with E-state index >= 15 is 0 Å². The lowest BCUT2D eigenvalue weighted by Gasteiger charge is -2.36. The quantitative estimate of drug-likeness (QED) is 0.575. The van der Waals surface area contributed by atoms with Crippen molar-refractivity contribution in [2.24, 2.45) is 0 Å². The number of halogens is 2. The van der Waals surface area contributed by atoms with Gasteiger partial charge in [-0.3, -0.25) is 19.7 Å². The van der Waals surface area contributed by atoms with Crippen molar-refractivity contribution >= 4 is 28.1 Å². The number of pyridine rings is 2. The molecule has 1 aliphatic rings. The zero-order valence-corrected chi connectivity index (χ0v) is 17.8. The number of nitrogens with zero attached hydrogens (tertiary/aromatic N) is 6. The van der Waals surface area contributed by atoms with Gasteiger partial charge in [-0.25, -0.2) is 8.78 Å². The van der Waals surface area contributed by atoms with Crippen molar-refractivity contribution in [2.75, 3.05) is 26.6 Å². The van der Waals surface area contributed by atoms with Crippen molar-refractivity contribution in [3.63, 3.8) is 0 Å². The zero-order valence-electron chi connectivity index (χ0n) is 20.0. The molecule has 7 nitrogen and oxygen atoms in total. The average molecular weight is 450 g/mol. The van der Waals surface area contributed by atoms with Crippen LogP contribution < -0.4 is 0 Å². The number of carbonyl (C=O) groups is 1. The Morgan fingerprint density at radius 1 is 1.29 bits per heavy atom. The summed E-state index contributed by atoms with van der Waals surface area (Å²) >= 11 is 1.47. The van der Waals surface area contributed by atoms with Crippen LogP contribution in [0.5, 0.6) is 0 Å². The molecule has 3 aromatic rings. The summed E-state index contributed by atoms with van der Waals surface area (Å²) in [4.78, 5) is 24.2. The van der Waals surface area contributed by atoms with Crippen molar-refractivity contribution in [3.8, 4) is 10.6 Å². The van der Waals surface area contributed by atoms with Gasteiger partial charge in [0.05, 0.1) is 30.4 Å². The van der Waals surface area contributed by atoms with Crippen molar-refractivity contribution < 1.29 is 17.7 Å². The first-order valence-electron chi connectivity index (χ1n) is 11.5. The van der Waals surface area contributed by atoms with Crippen LogP contribution in [0, 0.1) is 6.92 Å². The Morgan fingerprint density at radius 2 is 2.10 bits per heavy atom. The molecule has 1 amide bonds. The van der Waals surface area contributed by atoms with Gasteiger partial charge in [0.15, 0.2) is 0 Å². The Labute approximate surface area is 187 Å². The van der Waals surface area contributed by atoms with E-state index in [1.165, 1.54) is 11.3 Å². The van der Waals surface area contributed by atoms with Gasteiger partial charge in [-0.15, -0.1) is 10.2 Å². The van der Waals surface area contributed by atoms with Gasteiger partial charge in [-0.1, -0.05) is 11.3 Å². The predicted molar refractivity (Wildman–Crippen MR) is 115 cm³/mol. The monoisotopic (exact) mass is 449 g/mol. The molecule has 0 bridgehead atoms. The molecule has 1 fully saturated rings. The molecule has 0 unspecified atom stereocenters. The molecule has 164 valence electrons. The van der Waals surface area contributed by atoms with Crippen LogP contribution in [0.25, 0.3) is 21.5 Å². The number of rotatable bonds is 6. The maximum absolute atomic E-state index is 12.9. The summed E-state index contributed by atoms with van der Waals surface area (Å²) in [5, 5.41) is 10.6. The third kappa shape index (κ3) is 5.19. The number of fused-ring (bicyclic) bond motifs is 1. The van der Waals surface area contributed by atoms with E-state index in [2.05, 4.69) is 20.2 Å². The molecule has 10 heteroatoms. The van der Waals surface area contributed by atoms with Gasteiger partial charge < -0.3 is 4.90 Å². The standard InChI is InChI=1S/C21H24F2N6OS/c1-13-26-27-21(31-13)15-7-14-8-16(24-11-18(14)25-10-15)9-20(30)29-5-3-17(4-6-29)28(2)12-19(22)23/h7-8,10-11,17,19H,3-6,9,12H2,1-2H3/i2D3. The van der Waals surface area contributed by atoms with E-state index < -0.39 is 26.0 Å². The Morgan fingerprint density at radius 3 is 2.77 bits per heavy atom. The number of carbonyl (C=O) groups excluding carboxylic acids is 1. The van der Waals surface area contributed by atoms with Crippen LogP contribution in [0.3, 0.4) is 0 Å². The predicted octanol–water partition coefficient (Wildman–Crippen LogP) is 3.19. The summed E-state index contributed by atoms with van der Waals surface area (Å²) in [5.74, 6) is -0.136. The molecule has 4 rings (SSSR count). The number of likely N-dealkylation sites (tertiary alicyclic amines) is 1. The molecular weight excluding hydrogens is 422 g/mol. The van der Waals surface area contributed by atoms with E-state index in [0.717, 1.165) is 25.9 Å². The first-order chi connectivity index (χ1) is 16.1. The molecule has 31 heavy (non-hydrogen) atoms. The van der Waals surface area contributed by atoms with Crippen LogP contribution in [0.15, 0.2) is 24.5 Å². The first-order valence-corrected chi connectivity index (χ1v) is 10.8. The van der Waals surface area contributed by atoms with Crippen LogP contribution in [-0.4, -0.2) is 74.9 Å². The van der Waals surface area contributed by atoms with E-state index in [1.807, 2.05) is 19.1 Å². The van der Waals surface area contributed by atoms with Gasteiger partial charge in [0.1, 0.15) is 10.0 Å². The van der Waals surface area contributed by atoms with Gasteiger partial charge >= 0.3 is 0 Å². The van der Waals surface area contributed by atoms with E-state index in [9.17, 15) is 13.6 Å². The Hall–Kier alpha value is -2.59. The average Bonchev–Trinajstić information content (AvgIpc) is 3.22. The highest BCUT2D eigenvalue weighted by Gasteiger charge is 2.26. The lowest BCUT2D eigenvalue weighted by atomic mass is 10.0. The van der Waals surface area contributed by atoms with E-state index in [-0.39, 0.29) is 12.3 Å². The van der Waals surface area contributed by atoms with E-state index in [4.69, 9.17) is 4.11 Å². The largest absolute Gasteiger partial charge is 0.342 e. The summed E-state index contributed by atoms with van der Waals surface area (Å²) in [7, 11) is 0. The second kappa shape index (κ2) is 9.27. The molecular formula is C21H24F2N6OS. The van der Waals surface area contributed by atoms with Gasteiger partial charge in [0.25, 0.3) is 6.43 Å². The summed E-state index contributed by atoms with van der Waals surface area (Å²) in [6, 6.07) is 3.25. The summed E-state index contributed by atoms with van der Waals surface area (Å²) in [6.07, 6.45) is 1.36. The molecule has 0 aliphatic carbocycles. The number of piperidine rings is 1. The van der Waals surface area contributed by atoms with E-state index in [1.54, 1.807) is 17.3 Å². The fraction of sp³-hybridized carbons (Fsp3) is 0.476. The number of hydrogen-bond acceptors (Lipinski definition) is 7. The molecule has 3 aromatic heterocycles. The maximum atomic E-state index is 12.9. The smallest absolute Gasteiger partial charge is 0.251 e. The van der Waals surface area contributed by atoms with Crippen LogP contribution in [-0.2, 0) is 11.2 Å². The molecule has 1 aliphatic heterocycles. The van der Waals surface area contributed by atoms with Crippen molar-refractivity contribution in [1.82, 2.24) is 30.0 Å². The van der Waals surface area contributed by atoms with Crippen molar-refractivity contribution in [1.29, 1.82) is 0 Å². The summed E-state index contributed by atoms with van der Waals surface area (Å²) in [6.45, 7) is -0.888. The molecule has 1 saturated heterocycles. The molecule has 0 radical (unpaired) electrons. The SMILES string of the molecule is [2H]C([2H])([2H])N(CC(F)F)C1CCN(C(=O)Cc2cc3cc(-c4nnc(C)s4)cnc3cn2)CC1. The zero-order chi connectivity index (χ0) is 24.5. The molecule has 0 aromatic carbocycles.